The Hall–Kier alpha value is -2.72. The molecular formula is C26H25BrCl2N6O2. The number of carbonyl (C=O) groups excluding carboxylic acids is 1. The largest absolute Gasteiger partial charge is 0.377 e. The maximum Gasteiger partial charge on any atom is 0.259 e. The molecule has 8 nitrogen and oxygen atoms in total. The molecule has 0 radical (unpaired) electrons. The second kappa shape index (κ2) is 11.3. The Bertz CT molecular complexity index is 1420. The summed E-state index contributed by atoms with van der Waals surface area (Å²) in [7, 11) is 0. The van der Waals surface area contributed by atoms with E-state index in [1.807, 2.05) is 59.6 Å². The molecule has 2 aromatic carbocycles. The highest BCUT2D eigenvalue weighted by molar-refractivity contribution is 9.10. The lowest BCUT2D eigenvalue weighted by Crippen LogP contribution is -2.50. The van der Waals surface area contributed by atoms with Crippen LogP contribution in [0.5, 0.6) is 0 Å². The predicted molar refractivity (Wildman–Crippen MR) is 145 cm³/mol. The zero-order valence-corrected chi connectivity index (χ0v) is 23.2. The van der Waals surface area contributed by atoms with E-state index in [0.717, 1.165) is 21.3 Å². The fraction of sp³-hybridized carbons (Fsp3) is 0.308. The average Bonchev–Trinajstić information content (AvgIpc) is 3.44. The highest BCUT2D eigenvalue weighted by atomic mass is 79.9. The minimum Gasteiger partial charge on any atom is -0.377 e. The van der Waals surface area contributed by atoms with Crippen LogP contribution >= 0.6 is 39.1 Å². The van der Waals surface area contributed by atoms with Crippen LogP contribution in [0.4, 0.5) is 0 Å². The van der Waals surface area contributed by atoms with Gasteiger partial charge in [-0.2, -0.15) is 5.10 Å². The van der Waals surface area contributed by atoms with Crippen molar-refractivity contribution in [3.05, 3.63) is 97.5 Å². The lowest BCUT2D eigenvalue weighted by molar-refractivity contribution is -0.00192. The van der Waals surface area contributed by atoms with Crippen molar-refractivity contribution >= 4 is 45.0 Å². The Morgan fingerprint density at radius 2 is 1.86 bits per heavy atom. The molecule has 3 heterocycles. The fourth-order valence-electron chi connectivity index (χ4n) is 4.48. The molecule has 0 N–H and O–H groups in total. The van der Waals surface area contributed by atoms with E-state index >= 15 is 0 Å². The molecule has 1 aliphatic heterocycles. The molecule has 11 heteroatoms. The number of morpholine rings is 1. The number of nitrogens with zero attached hydrogens (tertiary/aromatic N) is 6. The van der Waals surface area contributed by atoms with E-state index < -0.39 is 0 Å². The van der Waals surface area contributed by atoms with Crippen LogP contribution in [0.1, 0.15) is 32.9 Å². The van der Waals surface area contributed by atoms with Gasteiger partial charge in [-0.25, -0.2) is 9.36 Å². The molecule has 0 aliphatic carbocycles. The molecule has 37 heavy (non-hydrogen) atoms. The second-order valence-electron chi connectivity index (χ2n) is 8.93. The van der Waals surface area contributed by atoms with E-state index in [0.29, 0.717) is 60.7 Å². The zero-order valence-electron chi connectivity index (χ0n) is 20.1. The molecule has 1 saturated heterocycles. The van der Waals surface area contributed by atoms with Gasteiger partial charge in [0.1, 0.15) is 5.15 Å². The van der Waals surface area contributed by atoms with E-state index in [2.05, 4.69) is 31.3 Å². The number of carbonyl (C=O) groups is 1. The lowest BCUT2D eigenvalue weighted by atomic mass is 10.1. The number of rotatable bonds is 7. The van der Waals surface area contributed by atoms with Gasteiger partial charge in [0, 0.05) is 28.7 Å². The Morgan fingerprint density at radius 1 is 1.11 bits per heavy atom. The number of benzene rings is 2. The zero-order chi connectivity index (χ0) is 25.9. The van der Waals surface area contributed by atoms with Crippen LogP contribution in [0.2, 0.25) is 10.2 Å². The monoisotopic (exact) mass is 602 g/mol. The summed E-state index contributed by atoms with van der Waals surface area (Å²) in [5, 5.41) is 14.1. The Balaban J connectivity index is 1.32. The van der Waals surface area contributed by atoms with Gasteiger partial charge in [0.25, 0.3) is 5.91 Å². The summed E-state index contributed by atoms with van der Waals surface area (Å²) in [5.74, 6) is -0.165. The second-order valence-corrected chi connectivity index (χ2v) is 10.6. The van der Waals surface area contributed by atoms with Crippen molar-refractivity contribution in [2.45, 2.75) is 32.5 Å². The average molecular weight is 604 g/mol. The highest BCUT2D eigenvalue weighted by Crippen LogP contribution is 2.26. The molecule has 2 aromatic heterocycles. The molecule has 192 valence electrons. The van der Waals surface area contributed by atoms with Crippen molar-refractivity contribution in [2.24, 2.45) is 0 Å². The Labute approximate surface area is 233 Å². The van der Waals surface area contributed by atoms with Crippen molar-refractivity contribution in [1.29, 1.82) is 0 Å². The predicted octanol–water partition coefficient (Wildman–Crippen LogP) is 5.03. The van der Waals surface area contributed by atoms with Gasteiger partial charge in [-0.15, -0.1) is 5.10 Å². The molecule has 5 rings (SSSR count). The van der Waals surface area contributed by atoms with E-state index in [9.17, 15) is 4.79 Å². The van der Waals surface area contributed by atoms with Crippen LogP contribution < -0.4 is 0 Å². The third-order valence-electron chi connectivity index (χ3n) is 6.37. The van der Waals surface area contributed by atoms with Crippen molar-refractivity contribution < 1.29 is 9.53 Å². The lowest BCUT2D eigenvalue weighted by Gasteiger charge is -2.35. The molecule has 0 saturated carbocycles. The topological polar surface area (TPSA) is 78.1 Å². The summed E-state index contributed by atoms with van der Waals surface area (Å²) in [6, 6.07) is 15.3. The van der Waals surface area contributed by atoms with Crippen LogP contribution in [0.25, 0.3) is 0 Å². The molecule has 1 unspecified atom stereocenters. The van der Waals surface area contributed by atoms with E-state index in [1.54, 1.807) is 16.3 Å². The van der Waals surface area contributed by atoms with Gasteiger partial charge in [-0.3, -0.25) is 4.79 Å². The molecule has 1 fully saturated rings. The van der Waals surface area contributed by atoms with E-state index in [1.165, 1.54) is 0 Å². The van der Waals surface area contributed by atoms with Crippen molar-refractivity contribution in [3.63, 3.8) is 0 Å². The van der Waals surface area contributed by atoms with Gasteiger partial charge in [0.05, 0.1) is 49.3 Å². The summed E-state index contributed by atoms with van der Waals surface area (Å²) in [5.41, 5.74) is 3.75. The number of ether oxygens (including phenoxy) is 1. The summed E-state index contributed by atoms with van der Waals surface area (Å²) < 4.78 is 10.2. The number of hydrogen-bond acceptors (Lipinski definition) is 5. The SMILES string of the molecule is Cc1nn(Cc2ccccc2Cl)c(Cl)c1C(=O)N1CCOCC1Cc1cn(Cc2ccccc2Br)nn1. The van der Waals surface area contributed by atoms with Crippen molar-refractivity contribution in [1.82, 2.24) is 29.7 Å². The van der Waals surface area contributed by atoms with Crippen molar-refractivity contribution in [3.8, 4) is 0 Å². The summed E-state index contributed by atoms with van der Waals surface area (Å²) >= 11 is 16.6. The molecule has 1 atom stereocenters. The number of amides is 1. The first-order chi connectivity index (χ1) is 17.9. The van der Waals surface area contributed by atoms with Gasteiger partial charge in [-0.1, -0.05) is 80.7 Å². The quantitative estimate of drug-likeness (QED) is 0.296. The Morgan fingerprint density at radius 3 is 2.65 bits per heavy atom. The molecule has 0 bridgehead atoms. The minimum absolute atomic E-state index is 0.165. The first kappa shape index (κ1) is 25.9. The highest BCUT2D eigenvalue weighted by Gasteiger charge is 2.33. The van der Waals surface area contributed by atoms with Gasteiger partial charge >= 0.3 is 0 Å². The van der Waals surface area contributed by atoms with E-state index in [4.69, 9.17) is 27.9 Å². The normalized spacial score (nSPS) is 15.8. The van der Waals surface area contributed by atoms with Crippen LogP contribution in [-0.4, -0.2) is 61.4 Å². The number of hydrogen-bond donors (Lipinski definition) is 0. The van der Waals surface area contributed by atoms with Crippen LogP contribution in [0, 0.1) is 6.92 Å². The summed E-state index contributed by atoms with van der Waals surface area (Å²) in [6.45, 7) is 4.09. The van der Waals surface area contributed by atoms with Crippen LogP contribution in [0.15, 0.2) is 59.2 Å². The van der Waals surface area contributed by atoms with Gasteiger partial charge in [0.15, 0.2) is 0 Å². The van der Waals surface area contributed by atoms with Gasteiger partial charge in [0.2, 0.25) is 0 Å². The van der Waals surface area contributed by atoms with Gasteiger partial charge in [-0.05, 0) is 30.2 Å². The third-order valence-corrected chi connectivity index (χ3v) is 7.89. The van der Waals surface area contributed by atoms with E-state index in [-0.39, 0.29) is 11.9 Å². The molecule has 4 aromatic rings. The van der Waals surface area contributed by atoms with Crippen LogP contribution in [0.3, 0.4) is 0 Å². The number of aromatic nitrogens is 5. The van der Waals surface area contributed by atoms with Crippen molar-refractivity contribution in [2.75, 3.05) is 19.8 Å². The Kier molecular flexibility index (Phi) is 7.95. The van der Waals surface area contributed by atoms with Crippen LogP contribution in [-0.2, 0) is 24.2 Å². The fourth-order valence-corrected chi connectivity index (χ4v) is 5.40. The first-order valence-corrected chi connectivity index (χ1v) is 13.4. The molecule has 1 amide bonds. The molecule has 1 aliphatic rings. The maximum atomic E-state index is 13.7. The summed E-state index contributed by atoms with van der Waals surface area (Å²) in [6.07, 6.45) is 2.43. The summed E-state index contributed by atoms with van der Waals surface area (Å²) in [4.78, 5) is 15.5. The smallest absolute Gasteiger partial charge is 0.259 e. The third kappa shape index (κ3) is 5.75. The number of aryl methyl sites for hydroxylation is 1. The number of halogens is 3. The minimum atomic E-state index is -0.197. The first-order valence-electron chi connectivity index (χ1n) is 11.9. The maximum absolute atomic E-state index is 13.7. The van der Waals surface area contributed by atoms with Gasteiger partial charge < -0.3 is 9.64 Å². The standard InChI is InChI=1S/C26H25BrCl2N6O2/c1-17-24(25(29)35(31-17)14-19-7-3-5-9-23(19)28)26(36)34-10-11-37-16-21(34)12-20-15-33(32-30-20)13-18-6-2-4-8-22(18)27/h2-9,15,21H,10-14,16H2,1H3. The molecular weight excluding hydrogens is 579 g/mol. The molecule has 0 spiro atoms.